The number of aliphatic imine (C=N–C) groups is 1. The predicted octanol–water partition coefficient (Wildman–Crippen LogP) is 4.42. The number of benzene rings is 3. The molecule has 0 saturated carbocycles. The zero-order valence-corrected chi connectivity index (χ0v) is 12.6. The van der Waals surface area contributed by atoms with Crippen LogP contribution in [0, 0.1) is 0 Å². The first-order valence-electron chi connectivity index (χ1n) is 7.86. The van der Waals surface area contributed by atoms with E-state index in [1.165, 1.54) is 21.9 Å². The molecular formula is C20H15NO2. The van der Waals surface area contributed by atoms with Crippen molar-refractivity contribution in [2.45, 2.75) is 12.8 Å². The normalized spacial score (nSPS) is 15.0. The molecule has 0 saturated heterocycles. The number of hydrogen-bond acceptors (Lipinski definition) is 3. The fourth-order valence-corrected chi connectivity index (χ4v) is 3.48. The van der Waals surface area contributed by atoms with Crippen molar-refractivity contribution in [1.29, 1.82) is 0 Å². The summed E-state index contributed by atoms with van der Waals surface area (Å²) < 4.78 is 10.8. The van der Waals surface area contributed by atoms with Crippen LogP contribution in [0.3, 0.4) is 0 Å². The number of rotatable bonds is 2. The van der Waals surface area contributed by atoms with Crippen LogP contribution in [0.15, 0.2) is 53.5 Å². The highest BCUT2D eigenvalue weighted by Crippen LogP contribution is 2.36. The first-order chi connectivity index (χ1) is 11.4. The van der Waals surface area contributed by atoms with Gasteiger partial charge in [0.2, 0.25) is 6.79 Å². The SMILES string of the molecule is C(=Nc1ccc2c3c(cccc13)CC2)c1ccc2c(c1)OCO2. The number of hydrogen-bond donors (Lipinski definition) is 0. The van der Waals surface area contributed by atoms with Gasteiger partial charge in [0, 0.05) is 11.6 Å². The molecule has 0 aromatic heterocycles. The third-order valence-electron chi connectivity index (χ3n) is 4.60. The molecule has 0 spiro atoms. The molecule has 0 N–H and O–H groups in total. The minimum absolute atomic E-state index is 0.296. The van der Waals surface area contributed by atoms with Crippen molar-refractivity contribution in [1.82, 2.24) is 0 Å². The van der Waals surface area contributed by atoms with Gasteiger partial charge in [-0.3, -0.25) is 4.99 Å². The molecule has 2 aliphatic rings. The minimum Gasteiger partial charge on any atom is -0.454 e. The summed E-state index contributed by atoms with van der Waals surface area (Å²) in [6.45, 7) is 0.296. The van der Waals surface area contributed by atoms with Gasteiger partial charge in [-0.25, -0.2) is 0 Å². The topological polar surface area (TPSA) is 30.8 Å². The van der Waals surface area contributed by atoms with Crippen molar-refractivity contribution in [3.63, 3.8) is 0 Å². The average molecular weight is 301 g/mol. The van der Waals surface area contributed by atoms with Crippen LogP contribution < -0.4 is 9.47 Å². The van der Waals surface area contributed by atoms with E-state index >= 15 is 0 Å². The summed E-state index contributed by atoms with van der Waals surface area (Å²) >= 11 is 0. The first-order valence-corrected chi connectivity index (χ1v) is 7.86. The molecule has 3 aromatic rings. The van der Waals surface area contributed by atoms with Crippen molar-refractivity contribution >= 4 is 22.7 Å². The van der Waals surface area contributed by atoms with E-state index in [1.807, 2.05) is 24.4 Å². The van der Waals surface area contributed by atoms with Crippen LogP contribution in [-0.4, -0.2) is 13.0 Å². The smallest absolute Gasteiger partial charge is 0.231 e. The lowest BCUT2D eigenvalue weighted by molar-refractivity contribution is 0.174. The van der Waals surface area contributed by atoms with Gasteiger partial charge < -0.3 is 9.47 Å². The maximum atomic E-state index is 5.42. The van der Waals surface area contributed by atoms with Crippen LogP contribution in [0.4, 0.5) is 5.69 Å². The Bertz CT molecular complexity index is 949. The second kappa shape index (κ2) is 4.85. The third-order valence-corrected chi connectivity index (χ3v) is 4.60. The Hall–Kier alpha value is -2.81. The second-order valence-electron chi connectivity index (χ2n) is 5.95. The zero-order valence-electron chi connectivity index (χ0n) is 12.6. The van der Waals surface area contributed by atoms with Gasteiger partial charge in [0.15, 0.2) is 11.5 Å². The van der Waals surface area contributed by atoms with E-state index < -0.39 is 0 Å². The molecule has 0 radical (unpaired) electrons. The molecule has 0 fully saturated rings. The molecule has 0 amide bonds. The van der Waals surface area contributed by atoms with Gasteiger partial charge in [0.25, 0.3) is 0 Å². The quantitative estimate of drug-likeness (QED) is 0.656. The highest BCUT2D eigenvalue weighted by molar-refractivity contribution is 6.00. The highest BCUT2D eigenvalue weighted by Gasteiger charge is 2.15. The summed E-state index contributed by atoms with van der Waals surface area (Å²) in [5.41, 5.74) is 4.91. The Morgan fingerprint density at radius 3 is 2.70 bits per heavy atom. The molecule has 1 aliphatic heterocycles. The minimum atomic E-state index is 0.296. The van der Waals surface area contributed by atoms with Gasteiger partial charge in [-0.05, 0) is 59.2 Å². The molecule has 23 heavy (non-hydrogen) atoms. The maximum Gasteiger partial charge on any atom is 0.231 e. The fourth-order valence-electron chi connectivity index (χ4n) is 3.48. The Morgan fingerprint density at radius 2 is 1.74 bits per heavy atom. The van der Waals surface area contributed by atoms with Gasteiger partial charge in [0.1, 0.15) is 0 Å². The summed E-state index contributed by atoms with van der Waals surface area (Å²) in [5, 5.41) is 2.64. The second-order valence-corrected chi connectivity index (χ2v) is 5.95. The third kappa shape index (κ3) is 2.00. The first kappa shape index (κ1) is 12.7. The van der Waals surface area contributed by atoms with Crippen molar-refractivity contribution in [2.75, 3.05) is 6.79 Å². The van der Waals surface area contributed by atoms with Gasteiger partial charge in [-0.1, -0.05) is 24.3 Å². The standard InChI is InChI=1S/C20H15NO2/c1-2-14-5-6-15-7-8-17(16(3-1)20(14)15)21-11-13-4-9-18-19(10-13)23-12-22-18/h1-4,7-11H,5-6,12H2. The molecule has 3 aromatic carbocycles. The molecule has 112 valence electrons. The van der Waals surface area contributed by atoms with E-state index in [4.69, 9.17) is 14.5 Å². The Morgan fingerprint density at radius 1 is 0.870 bits per heavy atom. The largest absolute Gasteiger partial charge is 0.454 e. The summed E-state index contributed by atoms with van der Waals surface area (Å²) in [6, 6.07) is 16.7. The van der Waals surface area contributed by atoms with Gasteiger partial charge in [-0.15, -0.1) is 0 Å². The lowest BCUT2D eigenvalue weighted by atomic mass is 10.0. The summed E-state index contributed by atoms with van der Waals surface area (Å²) in [5.74, 6) is 1.59. The van der Waals surface area contributed by atoms with E-state index in [2.05, 4.69) is 30.3 Å². The van der Waals surface area contributed by atoms with Crippen molar-refractivity contribution in [2.24, 2.45) is 4.99 Å². The van der Waals surface area contributed by atoms with Crippen LogP contribution in [-0.2, 0) is 12.8 Å². The monoisotopic (exact) mass is 301 g/mol. The zero-order chi connectivity index (χ0) is 15.2. The van der Waals surface area contributed by atoms with E-state index in [-0.39, 0.29) is 0 Å². The molecular weight excluding hydrogens is 286 g/mol. The Balaban J connectivity index is 1.57. The fraction of sp³-hybridized carbons (Fsp3) is 0.150. The molecule has 1 heterocycles. The molecule has 3 nitrogen and oxygen atoms in total. The Labute approximate surface area is 134 Å². The van der Waals surface area contributed by atoms with Crippen LogP contribution >= 0.6 is 0 Å². The summed E-state index contributed by atoms with van der Waals surface area (Å²) in [6.07, 6.45) is 4.17. The number of nitrogens with zero attached hydrogens (tertiary/aromatic N) is 1. The summed E-state index contributed by atoms with van der Waals surface area (Å²) in [4.78, 5) is 4.72. The van der Waals surface area contributed by atoms with Crippen molar-refractivity contribution in [3.05, 3.63) is 65.2 Å². The average Bonchev–Trinajstić information content (AvgIpc) is 3.22. The Kier molecular flexibility index (Phi) is 2.68. The van der Waals surface area contributed by atoms with Crippen LogP contribution in [0.5, 0.6) is 11.5 Å². The number of fused-ring (bicyclic) bond motifs is 1. The molecule has 0 bridgehead atoms. The molecule has 3 heteroatoms. The number of aryl methyl sites for hydroxylation is 2. The molecule has 5 rings (SSSR count). The van der Waals surface area contributed by atoms with Gasteiger partial charge >= 0.3 is 0 Å². The summed E-state index contributed by atoms with van der Waals surface area (Å²) in [7, 11) is 0. The molecule has 0 atom stereocenters. The number of ether oxygens (including phenoxy) is 2. The predicted molar refractivity (Wildman–Crippen MR) is 91.2 cm³/mol. The van der Waals surface area contributed by atoms with Gasteiger partial charge in [-0.2, -0.15) is 0 Å². The van der Waals surface area contributed by atoms with Crippen molar-refractivity contribution < 1.29 is 9.47 Å². The highest BCUT2D eigenvalue weighted by atomic mass is 16.7. The van der Waals surface area contributed by atoms with E-state index in [9.17, 15) is 0 Å². The van der Waals surface area contributed by atoms with Crippen LogP contribution in [0.2, 0.25) is 0 Å². The van der Waals surface area contributed by atoms with Gasteiger partial charge in [0.05, 0.1) is 5.69 Å². The maximum absolute atomic E-state index is 5.42. The van der Waals surface area contributed by atoms with Crippen molar-refractivity contribution in [3.8, 4) is 11.5 Å². The van der Waals surface area contributed by atoms with Crippen LogP contribution in [0.1, 0.15) is 16.7 Å². The van der Waals surface area contributed by atoms with E-state index in [0.29, 0.717) is 6.79 Å². The molecule has 0 unspecified atom stereocenters. The lowest BCUT2D eigenvalue weighted by Gasteiger charge is -2.05. The molecule has 1 aliphatic carbocycles. The lowest BCUT2D eigenvalue weighted by Crippen LogP contribution is -1.92. The van der Waals surface area contributed by atoms with E-state index in [0.717, 1.165) is 35.6 Å². The van der Waals surface area contributed by atoms with E-state index in [1.54, 1.807) is 0 Å². The van der Waals surface area contributed by atoms with Crippen LogP contribution in [0.25, 0.3) is 10.8 Å².